The summed E-state index contributed by atoms with van der Waals surface area (Å²) in [6, 6.07) is 7.07. The van der Waals surface area contributed by atoms with Gasteiger partial charge in [-0.1, -0.05) is 69.3 Å². The number of carboxylic acid groups (broad SMARTS) is 1. The molecule has 1 aromatic rings. The van der Waals surface area contributed by atoms with Gasteiger partial charge in [0.25, 0.3) is 0 Å². The van der Waals surface area contributed by atoms with E-state index in [4.69, 9.17) is 9.84 Å². The van der Waals surface area contributed by atoms with Gasteiger partial charge in [-0.25, -0.2) is 4.79 Å². The second-order valence-corrected chi connectivity index (χ2v) is 6.82. The van der Waals surface area contributed by atoms with E-state index < -0.39 is 5.97 Å². The maximum Gasteiger partial charge on any atom is 0.336 e. The highest BCUT2D eigenvalue weighted by atomic mass is 32.2. The van der Waals surface area contributed by atoms with Crippen molar-refractivity contribution in [1.82, 2.24) is 0 Å². The number of rotatable bonds is 12. The predicted molar refractivity (Wildman–Crippen MR) is 92.7 cm³/mol. The monoisotopic (exact) mass is 324 g/mol. The van der Waals surface area contributed by atoms with Crippen LogP contribution in [0, 0.1) is 0 Å². The van der Waals surface area contributed by atoms with Crippen LogP contribution >= 0.6 is 11.8 Å². The fraction of sp³-hybridized carbons (Fsp3) is 0.611. The summed E-state index contributed by atoms with van der Waals surface area (Å²) in [5.41, 5.74) is 0.319. The lowest BCUT2D eigenvalue weighted by atomic mass is 10.1. The Morgan fingerprint density at radius 3 is 2.45 bits per heavy atom. The van der Waals surface area contributed by atoms with Gasteiger partial charge in [0.1, 0.15) is 5.44 Å². The van der Waals surface area contributed by atoms with Gasteiger partial charge in [-0.15, -0.1) is 0 Å². The van der Waals surface area contributed by atoms with Gasteiger partial charge >= 0.3 is 5.97 Å². The summed E-state index contributed by atoms with van der Waals surface area (Å²) in [6.07, 6.45) is 8.87. The van der Waals surface area contributed by atoms with Crippen LogP contribution in [0.1, 0.15) is 69.2 Å². The summed E-state index contributed by atoms with van der Waals surface area (Å²) in [7, 11) is 0. The zero-order valence-electron chi connectivity index (χ0n) is 13.7. The van der Waals surface area contributed by atoms with Gasteiger partial charge in [0.05, 0.1) is 5.56 Å². The third kappa shape index (κ3) is 7.85. The Hall–Kier alpha value is -1.00. The Bertz CT molecular complexity index is 434. The second-order valence-electron chi connectivity index (χ2n) is 5.48. The molecule has 1 atom stereocenters. The largest absolute Gasteiger partial charge is 0.478 e. The molecule has 22 heavy (non-hydrogen) atoms. The van der Waals surface area contributed by atoms with E-state index >= 15 is 0 Å². The first-order valence-electron chi connectivity index (χ1n) is 8.25. The fourth-order valence-electron chi connectivity index (χ4n) is 2.27. The van der Waals surface area contributed by atoms with Crippen LogP contribution in [-0.4, -0.2) is 23.1 Å². The smallest absolute Gasteiger partial charge is 0.336 e. The minimum Gasteiger partial charge on any atom is -0.478 e. The second kappa shape index (κ2) is 11.6. The van der Waals surface area contributed by atoms with Crippen molar-refractivity contribution in [1.29, 1.82) is 0 Å². The van der Waals surface area contributed by atoms with Gasteiger partial charge in [-0.3, -0.25) is 0 Å². The molecule has 3 nitrogen and oxygen atoms in total. The van der Waals surface area contributed by atoms with Crippen LogP contribution in [0.5, 0.6) is 0 Å². The minimum absolute atomic E-state index is 0.0272. The quantitative estimate of drug-likeness (QED) is 0.309. The molecule has 0 fully saturated rings. The van der Waals surface area contributed by atoms with E-state index in [1.54, 1.807) is 12.1 Å². The van der Waals surface area contributed by atoms with Crippen molar-refractivity contribution in [3.63, 3.8) is 0 Å². The van der Waals surface area contributed by atoms with Crippen LogP contribution in [0.25, 0.3) is 0 Å². The highest BCUT2D eigenvalue weighted by Crippen LogP contribution is 2.27. The van der Waals surface area contributed by atoms with Crippen molar-refractivity contribution >= 4 is 17.7 Å². The normalized spacial score (nSPS) is 12.3. The summed E-state index contributed by atoms with van der Waals surface area (Å²) >= 11 is 1.47. The average molecular weight is 324 g/mol. The molecule has 1 aromatic carbocycles. The highest BCUT2D eigenvalue weighted by Gasteiger charge is 2.12. The SMILES string of the molecule is CCCCCCCCCOC(C)Sc1ccccc1C(=O)O. The number of aromatic carboxylic acids is 1. The number of carboxylic acids is 1. The van der Waals surface area contributed by atoms with Gasteiger partial charge in [0, 0.05) is 11.5 Å². The van der Waals surface area contributed by atoms with Crippen molar-refractivity contribution in [2.75, 3.05) is 6.61 Å². The topological polar surface area (TPSA) is 46.5 Å². The van der Waals surface area contributed by atoms with E-state index in [0.29, 0.717) is 5.56 Å². The molecule has 0 heterocycles. The molecular weight excluding hydrogens is 296 g/mol. The zero-order chi connectivity index (χ0) is 16.2. The van der Waals surface area contributed by atoms with Gasteiger partial charge in [-0.05, 0) is 25.5 Å². The molecule has 0 aromatic heterocycles. The van der Waals surface area contributed by atoms with Gasteiger partial charge in [0.2, 0.25) is 0 Å². The van der Waals surface area contributed by atoms with E-state index in [1.807, 2.05) is 19.1 Å². The van der Waals surface area contributed by atoms with Crippen LogP contribution in [0.4, 0.5) is 0 Å². The molecule has 0 aliphatic rings. The Morgan fingerprint density at radius 1 is 1.14 bits per heavy atom. The number of ether oxygens (including phenoxy) is 1. The number of hydrogen-bond donors (Lipinski definition) is 1. The molecule has 0 bridgehead atoms. The molecule has 0 spiro atoms. The average Bonchev–Trinajstić information content (AvgIpc) is 2.50. The lowest BCUT2D eigenvalue weighted by Gasteiger charge is -2.14. The zero-order valence-corrected chi connectivity index (χ0v) is 14.5. The highest BCUT2D eigenvalue weighted by molar-refractivity contribution is 7.99. The van der Waals surface area contributed by atoms with Crippen molar-refractivity contribution in [2.45, 2.75) is 69.1 Å². The maximum atomic E-state index is 11.2. The summed E-state index contributed by atoms with van der Waals surface area (Å²) in [6.45, 7) is 4.96. The van der Waals surface area contributed by atoms with Gasteiger partial charge in [0.15, 0.2) is 0 Å². The molecule has 124 valence electrons. The van der Waals surface area contributed by atoms with Crippen LogP contribution in [0.3, 0.4) is 0 Å². The molecule has 0 saturated carbocycles. The van der Waals surface area contributed by atoms with Crippen molar-refractivity contribution < 1.29 is 14.6 Å². The molecule has 0 aliphatic heterocycles. The third-order valence-electron chi connectivity index (χ3n) is 3.51. The van der Waals surface area contributed by atoms with E-state index in [2.05, 4.69) is 6.92 Å². The number of unbranched alkanes of at least 4 members (excludes halogenated alkanes) is 6. The number of carbonyl (C=O) groups is 1. The van der Waals surface area contributed by atoms with E-state index in [9.17, 15) is 4.79 Å². The molecule has 1 rings (SSSR count). The van der Waals surface area contributed by atoms with E-state index in [0.717, 1.165) is 17.9 Å². The Kier molecular flexibility index (Phi) is 10.0. The van der Waals surface area contributed by atoms with Crippen LogP contribution in [0.15, 0.2) is 29.2 Å². The van der Waals surface area contributed by atoms with Gasteiger partial charge in [-0.2, -0.15) is 0 Å². The third-order valence-corrected chi connectivity index (χ3v) is 4.59. The van der Waals surface area contributed by atoms with Crippen molar-refractivity contribution in [3.05, 3.63) is 29.8 Å². The molecule has 0 amide bonds. The standard InChI is InChI=1S/C18H28O3S/c1-3-4-5-6-7-8-11-14-21-15(2)22-17-13-10-9-12-16(17)18(19)20/h9-10,12-13,15H,3-8,11,14H2,1-2H3,(H,19,20). The van der Waals surface area contributed by atoms with Crippen molar-refractivity contribution in [3.8, 4) is 0 Å². The first-order chi connectivity index (χ1) is 10.6. The Morgan fingerprint density at radius 2 is 1.77 bits per heavy atom. The number of thioether (sulfide) groups is 1. The number of benzene rings is 1. The van der Waals surface area contributed by atoms with Crippen LogP contribution < -0.4 is 0 Å². The number of hydrogen-bond acceptors (Lipinski definition) is 3. The first kappa shape index (κ1) is 19.0. The van der Waals surface area contributed by atoms with Crippen LogP contribution in [0.2, 0.25) is 0 Å². The molecule has 1 unspecified atom stereocenters. The molecule has 0 radical (unpaired) electrons. The fourth-order valence-corrected chi connectivity index (χ4v) is 3.23. The molecule has 4 heteroatoms. The minimum atomic E-state index is -0.887. The van der Waals surface area contributed by atoms with Gasteiger partial charge < -0.3 is 9.84 Å². The molecular formula is C18H28O3S. The summed E-state index contributed by atoms with van der Waals surface area (Å²) in [4.78, 5) is 11.9. The lowest BCUT2D eigenvalue weighted by molar-refractivity contribution is 0.0693. The lowest BCUT2D eigenvalue weighted by Crippen LogP contribution is -2.07. The summed E-state index contributed by atoms with van der Waals surface area (Å²) in [5.74, 6) is -0.887. The molecule has 1 N–H and O–H groups in total. The molecule has 0 aliphatic carbocycles. The van der Waals surface area contributed by atoms with Crippen molar-refractivity contribution in [2.24, 2.45) is 0 Å². The first-order valence-corrected chi connectivity index (χ1v) is 9.13. The summed E-state index contributed by atoms with van der Waals surface area (Å²) < 4.78 is 5.78. The Labute approximate surface area is 138 Å². The van der Waals surface area contributed by atoms with Crippen LogP contribution in [-0.2, 0) is 4.74 Å². The van der Waals surface area contributed by atoms with E-state index in [1.165, 1.54) is 50.3 Å². The van der Waals surface area contributed by atoms with E-state index in [-0.39, 0.29) is 5.44 Å². The Balaban J connectivity index is 2.19. The summed E-state index contributed by atoms with van der Waals surface area (Å²) in [5, 5.41) is 9.16. The predicted octanol–water partition coefficient (Wildman–Crippen LogP) is 5.59. The molecule has 0 saturated heterocycles. The maximum absolute atomic E-state index is 11.2.